The minimum atomic E-state index is 0.182. The highest BCUT2D eigenvalue weighted by atomic mass is 16.5. The first-order valence-corrected chi connectivity index (χ1v) is 8.91. The number of carbonyl (C=O) groups excluding carboxylic acids is 1. The summed E-state index contributed by atoms with van der Waals surface area (Å²) in [6, 6.07) is 2.03. The first-order valence-electron chi connectivity index (χ1n) is 8.91. The number of hydrogen-bond donors (Lipinski definition) is 1. The maximum atomic E-state index is 11.9. The zero-order valence-corrected chi connectivity index (χ0v) is 13.8. The van der Waals surface area contributed by atoms with Gasteiger partial charge in [-0.2, -0.15) is 0 Å². The topological polar surface area (TPSA) is 54.7 Å². The smallest absolute Gasteiger partial charge is 0.220 e. The van der Waals surface area contributed by atoms with Crippen molar-refractivity contribution in [3.05, 3.63) is 24.2 Å². The Morgan fingerprint density at radius 3 is 2.87 bits per heavy atom. The first-order chi connectivity index (χ1) is 11.3. The van der Waals surface area contributed by atoms with Crippen molar-refractivity contribution in [3.63, 3.8) is 0 Å². The quantitative estimate of drug-likeness (QED) is 0.839. The fourth-order valence-corrected chi connectivity index (χ4v) is 3.53. The lowest BCUT2D eigenvalue weighted by molar-refractivity contribution is -0.122. The Balaban J connectivity index is 1.27. The molecule has 0 radical (unpaired) electrons. The molecule has 3 rings (SSSR count). The van der Waals surface area contributed by atoms with Gasteiger partial charge < -0.3 is 14.5 Å². The van der Waals surface area contributed by atoms with Crippen LogP contribution in [0, 0.1) is 5.92 Å². The van der Waals surface area contributed by atoms with Crippen LogP contribution in [0.25, 0.3) is 0 Å². The van der Waals surface area contributed by atoms with Gasteiger partial charge in [0.1, 0.15) is 0 Å². The number of hydrogen-bond acceptors (Lipinski definition) is 4. The van der Waals surface area contributed by atoms with Gasteiger partial charge in [-0.15, -0.1) is 0 Å². The monoisotopic (exact) mass is 320 g/mol. The number of likely N-dealkylation sites (tertiary alicyclic amines) is 1. The maximum absolute atomic E-state index is 11.9. The number of piperidine rings is 1. The fraction of sp³-hybridized carbons (Fsp3) is 0.722. The van der Waals surface area contributed by atoms with E-state index in [-0.39, 0.29) is 12.0 Å². The second-order valence-corrected chi connectivity index (χ2v) is 6.83. The third-order valence-corrected chi connectivity index (χ3v) is 5.02. The number of nitrogens with zero attached hydrogens (tertiary/aromatic N) is 1. The molecule has 3 heterocycles. The van der Waals surface area contributed by atoms with Gasteiger partial charge in [0, 0.05) is 31.7 Å². The lowest BCUT2D eigenvalue weighted by Crippen LogP contribution is -2.34. The van der Waals surface area contributed by atoms with Crippen molar-refractivity contribution in [3.8, 4) is 0 Å². The van der Waals surface area contributed by atoms with Crippen molar-refractivity contribution < 1.29 is 13.9 Å². The average molecular weight is 320 g/mol. The molecule has 5 heteroatoms. The summed E-state index contributed by atoms with van der Waals surface area (Å²) in [6.07, 6.45) is 10.0. The number of amides is 1. The largest absolute Gasteiger partial charge is 0.472 e. The minimum absolute atomic E-state index is 0.182. The van der Waals surface area contributed by atoms with Gasteiger partial charge in [0.25, 0.3) is 0 Å². The summed E-state index contributed by atoms with van der Waals surface area (Å²) in [5.74, 6) is 0.866. The number of rotatable bonds is 7. The Kier molecular flexibility index (Phi) is 6.11. The Bertz CT molecular complexity index is 461. The Labute approximate surface area is 138 Å². The SMILES string of the molecule is O=C(CCC1CCN(Cc2ccoc2)CC1)NC[C@H]1CCCO1. The third-order valence-electron chi connectivity index (χ3n) is 5.02. The maximum Gasteiger partial charge on any atom is 0.220 e. The minimum Gasteiger partial charge on any atom is -0.472 e. The molecule has 1 N–H and O–H groups in total. The van der Waals surface area contributed by atoms with Crippen LogP contribution in [0.2, 0.25) is 0 Å². The molecule has 0 aromatic carbocycles. The van der Waals surface area contributed by atoms with Crippen LogP contribution in [0.15, 0.2) is 23.0 Å². The van der Waals surface area contributed by atoms with Crippen molar-refractivity contribution in [1.82, 2.24) is 10.2 Å². The molecule has 0 saturated carbocycles. The van der Waals surface area contributed by atoms with Gasteiger partial charge in [0.05, 0.1) is 18.6 Å². The third kappa shape index (κ3) is 5.36. The first kappa shape index (κ1) is 16.5. The highest BCUT2D eigenvalue weighted by Crippen LogP contribution is 2.23. The molecule has 1 aromatic rings. The molecule has 0 bridgehead atoms. The number of ether oxygens (including phenoxy) is 1. The van der Waals surface area contributed by atoms with Gasteiger partial charge in [0.15, 0.2) is 0 Å². The molecule has 1 amide bonds. The van der Waals surface area contributed by atoms with Crippen molar-refractivity contribution in [1.29, 1.82) is 0 Å². The number of furan rings is 1. The van der Waals surface area contributed by atoms with Gasteiger partial charge in [-0.3, -0.25) is 9.69 Å². The lowest BCUT2D eigenvalue weighted by atomic mass is 9.92. The number of carbonyl (C=O) groups is 1. The van der Waals surface area contributed by atoms with Gasteiger partial charge in [-0.25, -0.2) is 0 Å². The second kappa shape index (κ2) is 8.50. The van der Waals surface area contributed by atoms with Crippen LogP contribution in [0.4, 0.5) is 0 Å². The van der Waals surface area contributed by atoms with Crippen LogP contribution in [0.5, 0.6) is 0 Å². The summed E-state index contributed by atoms with van der Waals surface area (Å²) in [5.41, 5.74) is 1.25. The van der Waals surface area contributed by atoms with E-state index in [1.165, 1.54) is 18.4 Å². The molecule has 2 aliphatic heterocycles. The predicted molar refractivity (Wildman–Crippen MR) is 87.9 cm³/mol. The van der Waals surface area contributed by atoms with Crippen molar-refractivity contribution >= 4 is 5.91 Å². The lowest BCUT2D eigenvalue weighted by Gasteiger charge is -2.31. The Morgan fingerprint density at radius 1 is 1.30 bits per heavy atom. The molecule has 2 fully saturated rings. The second-order valence-electron chi connectivity index (χ2n) is 6.83. The van der Waals surface area contributed by atoms with Gasteiger partial charge >= 0.3 is 0 Å². The molecule has 1 atom stereocenters. The van der Waals surface area contributed by atoms with E-state index >= 15 is 0 Å². The van der Waals surface area contributed by atoms with Crippen LogP contribution >= 0.6 is 0 Å². The highest BCUT2D eigenvalue weighted by Gasteiger charge is 2.21. The van der Waals surface area contributed by atoms with Crippen LogP contribution in [0.1, 0.15) is 44.1 Å². The summed E-state index contributed by atoms with van der Waals surface area (Å²) in [6.45, 7) is 4.74. The zero-order chi connectivity index (χ0) is 15.9. The van der Waals surface area contributed by atoms with E-state index in [0.717, 1.165) is 45.5 Å². The fourth-order valence-electron chi connectivity index (χ4n) is 3.53. The molecule has 0 unspecified atom stereocenters. The van der Waals surface area contributed by atoms with E-state index in [1.807, 2.05) is 12.3 Å². The molecular formula is C18H28N2O3. The van der Waals surface area contributed by atoms with Gasteiger partial charge in [-0.1, -0.05) is 0 Å². The Morgan fingerprint density at radius 2 is 2.17 bits per heavy atom. The molecule has 23 heavy (non-hydrogen) atoms. The van der Waals surface area contributed by atoms with Gasteiger partial charge in [0.2, 0.25) is 5.91 Å². The molecule has 1 aromatic heterocycles. The van der Waals surface area contributed by atoms with Crippen molar-refractivity contribution in [2.75, 3.05) is 26.2 Å². The summed E-state index contributed by atoms with van der Waals surface area (Å²) < 4.78 is 10.6. The van der Waals surface area contributed by atoms with Crippen molar-refractivity contribution in [2.45, 2.75) is 51.2 Å². The Hall–Kier alpha value is -1.33. The van der Waals surface area contributed by atoms with E-state index in [2.05, 4.69) is 10.2 Å². The summed E-state index contributed by atoms with van der Waals surface area (Å²) >= 11 is 0. The van der Waals surface area contributed by atoms with E-state index in [0.29, 0.717) is 18.9 Å². The van der Waals surface area contributed by atoms with Crippen LogP contribution in [0.3, 0.4) is 0 Å². The standard InChI is InChI=1S/C18H28N2O3/c21-18(19-12-17-2-1-10-23-17)4-3-15-5-8-20(9-6-15)13-16-7-11-22-14-16/h7,11,14-15,17H,1-6,8-10,12-13H2,(H,19,21)/t17-/m1/s1. The number of nitrogens with one attached hydrogen (secondary N) is 1. The molecule has 0 aliphatic carbocycles. The average Bonchev–Trinajstić information content (AvgIpc) is 3.26. The highest BCUT2D eigenvalue weighted by molar-refractivity contribution is 5.75. The molecule has 2 saturated heterocycles. The van der Waals surface area contributed by atoms with Crippen LogP contribution in [-0.2, 0) is 16.1 Å². The molecule has 128 valence electrons. The van der Waals surface area contributed by atoms with Crippen LogP contribution < -0.4 is 5.32 Å². The molecule has 5 nitrogen and oxygen atoms in total. The van der Waals surface area contributed by atoms with E-state index < -0.39 is 0 Å². The van der Waals surface area contributed by atoms with Crippen LogP contribution in [-0.4, -0.2) is 43.2 Å². The van der Waals surface area contributed by atoms with E-state index in [9.17, 15) is 4.79 Å². The normalized spacial score (nSPS) is 23.2. The predicted octanol–water partition coefficient (Wildman–Crippen LogP) is 2.57. The summed E-state index contributed by atoms with van der Waals surface area (Å²) in [5, 5.41) is 3.02. The van der Waals surface area contributed by atoms with Crippen molar-refractivity contribution in [2.24, 2.45) is 5.92 Å². The van der Waals surface area contributed by atoms with E-state index in [4.69, 9.17) is 9.15 Å². The summed E-state index contributed by atoms with van der Waals surface area (Å²) in [7, 11) is 0. The van der Waals surface area contributed by atoms with E-state index in [1.54, 1.807) is 6.26 Å². The molecule has 0 spiro atoms. The molecular weight excluding hydrogens is 292 g/mol. The van der Waals surface area contributed by atoms with Gasteiger partial charge in [-0.05, 0) is 57.2 Å². The zero-order valence-electron chi connectivity index (χ0n) is 13.8. The molecule has 2 aliphatic rings. The summed E-state index contributed by atoms with van der Waals surface area (Å²) in [4.78, 5) is 14.4.